The van der Waals surface area contributed by atoms with Gasteiger partial charge in [-0.05, 0) is 48.6 Å². The quantitative estimate of drug-likeness (QED) is 0.839. The van der Waals surface area contributed by atoms with Gasteiger partial charge in [-0.15, -0.1) is 0 Å². The Kier molecular flexibility index (Phi) is 4.22. The molecule has 0 saturated heterocycles. The summed E-state index contributed by atoms with van der Waals surface area (Å²) >= 11 is 0. The molecule has 0 amide bonds. The Morgan fingerprint density at radius 3 is 2.76 bits per heavy atom. The van der Waals surface area contributed by atoms with Crippen molar-refractivity contribution in [3.8, 4) is 0 Å². The van der Waals surface area contributed by atoms with E-state index in [0.717, 1.165) is 12.3 Å². The van der Waals surface area contributed by atoms with Crippen molar-refractivity contribution in [3.05, 3.63) is 35.4 Å². The predicted molar refractivity (Wildman–Crippen MR) is 74.2 cm³/mol. The van der Waals surface area contributed by atoms with Crippen molar-refractivity contribution in [3.63, 3.8) is 0 Å². The minimum atomic E-state index is 0.366. The average molecular weight is 231 g/mol. The standard InChI is InChI=1S/C16H25N/c1-3-12-6-5-7-14(10-12)15-11-13(4-2)8-9-16(15)17/h5-7,10,13,15-16H,3-4,8-9,11,17H2,1-2H3. The molecule has 1 aliphatic rings. The molecular weight excluding hydrogens is 206 g/mol. The van der Waals surface area contributed by atoms with Gasteiger partial charge in [-0.25, -0.2) is 0 Å². The molecule has 0 spiro atoms. The minimum absolute atomic E-state index is 0.366. The highest BCUT2D eigenvalue weighted by atomic mass is 14.7. The Morgan fingerprint density at radius 1 is 1.24 bits per heavy atom. The summed E-state index contributed by atoms with van der Waals surface area (Å²) in [6.07, 6.45) is 6.22. The van der Waals surface area contributed by atoms with Crippen molar-refractivity contribution < 1.29 is 0 Å². The van der Waals surface area contributed by atoms with E-state index in [1.807, 2.05) is 0 Å². The summed E-state index contributed by atoms with van der Waals surface area (Å²) in [5.74, 6) is 1.46. The molecule has 3 unspecified atom stereocenters. The van der Waals surface area contributed by atoms with Crippen LogP contribution in [0.4, 0.5) is 0 Å². The molecule has 2 rings (SSSR count). The van der Waals surface area contributed by atoms with Crippen LogP contribution in [0.5, 0.6) is 0 Å². The molecule has 94 valence electrons. The van der Waals surface area contributed by atoms with Gasteiger partial charge in [0.1, 0.15) is 0 Å². The summed E-state index contributed by atoms with van der Waals surface area (Å²) in [7, 11) is 0. The van der Waals surface area contributed by atoms with Gasteiger partial charge in [0.15, 0.2) is 0 Å². The molecule has 1 nitrogen and oxygen atoms in total. The Balaban J connectivity index is 2.18. The van der Waals surface area contributed by atoms with Gasteiger partial charge in [0.25, 0.3) is 0 Å². The van der Waals surface area contributed by atoms with Gasteiger partial charge in [0.2, 0.25) is 0 Å². The van der Waals surface area contributed by atoms with E-state index in [2.05, 4.69) is 38.1 Å². The summed E-state index contributed by atoms with van der Waals surface area (Å²) < 4.78 is 0. The van der Waals surface area contributed by atoms with Crippen LogP contribution >= 0.6 is 0 Å². The second-order valence-corrected chi connectivity index (χ2v) is 5.46. The molecule has 1 fully saturated rings. The van der Waals surface area contributed by atoms with Crippen LogP contribution < -0.4 is 5.73 Å². The first kappa shape index (κ1) is 12.6. The van der Waals surface area contributed by atoms with Crippen molar-refractivity contribution in [2.24, 2.45) is 11.7 Å². The number of nitrogens with two attached hydrogens (primary N) is 1. The van der Waals surface area contributed by atoms with E-state index in [9.17, 15) is 0 Å². The predicted octanol–water partition coefficient (Wildman–Crippen LogP) is 3.87. The fourth-order valence-corrected chi connectivity index (χ4v) is 3.08. The molecule has 1 aromatic carbocycles. The van der Waals surface area contributed by atoms with Crippen LogP contribution in [-0.4, -0.2) is 6.04 Å². The Bertz CT molecular complexity index is 358. The van der Waals surface area contributed by atoms with Crippen LogP contribution in [0, 0.1) is 5.92 Å². The van der Waals surface area contributed by atoms with Crippen LogP contribution in [-0.2, 0) is 6.42 Å². The van der Waals surface area contributed by atoms with Crippen molar-refractivity contribution in [1.29, 1.82) is 0 Å². The van der Waals surface area contributed by atoms with Crippen LogP contribution in [0.2, 0.25) is 0 Å². The maximum Gasteiger partial charge on any atom is 0.0108 e. The lowest BCUT2D eigenvalue weighted by atomic mass is 9.74. The third kappa shape index (κ3) is 2.90. The van der Waals surface area contributed by atoms with Gasteiger partial charge < -0.3 is 5.73 Å². The van der Waals surface area contributed by atoms with Crippen LogP contribution in [0.3, 0.4) is 0 Å². The van der Waals surface area contributed by atoms with Crippen molar-refractivity contribution in [2.75, 3.05) is 0 Å². The van der Waals surface area contributed by atoms with Gasteiger partial charge in [-0.2, -0.15) is 0 Å². The first-order chi connectivity index (χ1) is 8.24. The van der Waals surface area contributed by atoms with Gasteiger partial charge in [0, 0.05) is 6.04 Å². The topological polar surface area (TPSA) is 26.0 Å². The molecule has 0 aromatic heterocycles. The zero-order chi connectivity index (χ0) is 12.3. The molecule has 0 bridgehead atoms. The van der Waals surface area contributed by atoms with E-state index in [-0.39, 0.29) is 0 Å². The fourth-order valence-electron chi connectivity index (χ4n) is 3.08. The summed E-state index contributed by atoms with van der Waals surface area (Å²) in [5, 5.41) is 0. The number of hydrogen-bond donors (Lipinski definition) is 1. The molecule has 1 aliphatic carbocycles. The summed E-state index contributed by atoms with van der Waals surface area (Å²) in [5.41, 5.74) is 9.23. The highest BCUT2D eigenvalue weighted by molar-refractivity contribution is 5.28. The third-order valence-corrected chi connectivity index (χ3v) is 4.38. The van der Waals surface area contributed by atoms with Gasteiger partial charge in [0.05, 0.1) is 0 Å². The SMILES string of the molecule is CCc1cccc(C2CC(CC)CCC2N)c1. The van der Waals surface area contributed by atoms with E-state index in [1.54, 1.807) is 0 Å². The van der Waals surface area contributed by atoms with Crippen molar-refractivity contribution in [1.82, 2.24) is 0 Å². The number of aryl methyl sites for hydroxylation is 1. The molecule has 2 N–H and O–H groups in total. The Hall–Kier alpha value is -0.820. The van der Waals surface area contributed by atoms with Crippen LogP contribution in [0.15, 0.2) is 24.3 Å². The Labute approximate surface area is 105 Å². The fraction of sp³-hybridized carbons (Fsp3) is 0.625. The molecule has 0 radical (unpaired) electrons. The smallest absolute Gasteiger partial charge is 0.0108 e. The lowest BCUT2D eigenvalue weighted by molar-refractivity contribution is 0.282. The molecule has 0 heterocycles. The van der Waals surface area contributed by atoms with E-state index in [0.29, 0.717) is 12.0 Å². The first-order valence-electron chi connectivity index (χ1n) is 7.09. The Morgan fingerprint density at radius 2 is 2.06 bits per heavy atom. The molecule has 3 atom stereocenters. The zero-order valence-electron chi connectivity index (χ0n) is 11.2. The van der Waals surface area contributed by atoms with Crippen molar-refractivity contribution in [2.45, 2.75) is 57.9 Å². The van der Waals surface area contributed by atoms with E-state index in [4.69, 9.17) is 5.73 Å². The monoisotopic (exact) mass is 231 g/mol. The van der Waals surface area contributed by atoms with E-state index < -0.39 is 0 Å². The summed E-state index contributed by atoms with van der Waals surface area (Å²) in [4.78, 5) is 0. The minimum Gasteiger partial charge on any atom is -0.327 e. The number of benzene rings is 1. The highest BCUT2D eigenvalue weighted by Gasteiger charge is 2.28. The largest absolute Gasteiger partial charge is 0.327 e. The van der Waals surface area contributed by atoms with Gasteiger partial charge in [-0.3, -0.25) is 0 Å². The number of rotatable bonds is 3. The maximum atomic E-state index is 6.32. The second-order valence-electron chi connectivity index (χ2n) is 5.46. The normalized spacial score (nSPS) is 29.2. The van der Waals surface area contributed by atoms with Crippen LogP contribution in [0.25, 0.3) is 0 Å². The number of hydrogen-bond acceptors (Lipinski definition) is 1. The zero-order valence-corrected chi connectivity index (χ0v) is 11.2. The molecule has 0 aliphatic heterocycles. The second kappa shape index (κ2) is 5.68. The molecule has 1 aromatic rings. The highest BCUT2D eigenvalue weighted by Crippen LogP contribution is 2.37. The average Bonchev–Trinajstić information content (AvgIpc) is 2.39. The first-order valence-corrected chi connectivity index (χ1v) is 7.09. The summed E-state index contributed by atoms with van der Waals surface area (Å²) in [6.45, 7) is 4.52. The lowest BCUT2D eigenvalue weighted by Gasteiger charge is -2.34. The third-order valence-electron chi connectivity index (χ3n) is 4.38. The van der Waals surface area contributed by atoms with Gasteiger partial charge >= 0.3 is 0 Å². The lowest BCUT2D eigenvalue weighted by Crippen LogP contribution is -2.34. The molecule has 1 heteroatoms. The van der Waals surface area contributed by atoms with Gasteiger partial charge in [-0.1, -0.05) is 44.5 Å². The molecule has 1 saturated carbocycles. The molecule has 17 heavy (non-hydrogen) atoms. The molecular formula is C16H25N. The maximum absolute atomic E-state index is 6.32. The van der Waals surface area contributed by atoms with E-state index >= 15 is 0 Å². The summed E-state index contributed by atoms with van der Waals surface area (Å²) in [6, 6.07) is 9.40. The van der Waals surface area contributed by atoms with Crippen LogP contribution in [0.1, 0.15) is 56.6 Å². The van der Waals surface area contributed by atoms with E-state index in [1.165, 1.54) is 36.8 Å². The van der Waals surface area contributed by atoms with Crippen molar-refractivity contribution >= 4 is 0 Å².